The van der Waals surface area contributed by atoms with Crippen molar-refractivity contribution in [3.05, 3.63) is 34.3 Å². The molecule has 3 rings (SSSR count). The summed E-state index contributed by atoms with van der Waals surface area (Å²) in [6.45, 7) is 2.85. The van der Waals surface area contributed by atoms with Crippen molar-refractivity contribution in [2.24, 2.45) is 5.92 Å². The van der Waals surface area contributed by atoms with Crippen molar-refractivity contribution in [1.29, 1.82) is 0 Å². The van der Waals surface area contributed by atoms with Gasteiger partial charge in [-0.25, -0.2) is 0 Å². The summed E-state index contributed by atoms with van der Waals surface area (Å²) in [6.07, 6.45) is 2.48. The number of rotatable bonds is 1. The lowest BCUT2D eigenvalue weighted by molar-refractivity contribution is 0.0784. The lowest BCUT2D eigenvalue weighted by Crippen LogP contribution is -2.41. The highest BCUT2D eigenvalue weighted by atomic mass is 79.9. The normalized spacial score (nSPS) is 27.1. The Morgan fingerprint density at radius 3 is 2.94 bits per heavy atom. The maximum atomic E-state index is 12.5. The number of likely N-dealkylation sites (tertiary alicyclic amines) is 1. The van der Waals surface area contributed by atoms with Crippen molar-refractivity contribution in [1.82, 2.24) is 10.2 Å². The molecule has 1 aromatic carbocycles. The summed E-state index contributed by atoms with van der Waals surface area (Å²) in [6, 6.07) is 8.17. The van der Waals surface area contributed by atoms with Crippen LogP contribution in [0.3, 0.4) is 0 Å². The number of nitrogens with zero attached hydrogens (tertiary/aromatic N) is 1. The van der Waals surface area contributed by atoms with E-state index in [-0.39, 0.29) is 5.91 Å². The van der Waals surface area contributed by atoms with E-state index in [2.05, 4.69) is 21.2 Å². The number of hydrogen-bond acceptors (Lipinski definition) is 2. The molecule has 2 unspecified atom stereocenters. The number of benzene rings is 1. The molecule has 2 saturated heterocycles. The van der Waals surface area contributed by atoms with Crippen molar-refractivity contribution in [2.75, 3.05) is 19.6 Å². The number of carbonyl (C=O) groups is 1. The van der Waals surface area contributed by atoms with Crippen LogP contribution < -0.4 is 5.32 Å². The first-order valence-corrected chi connectivity index (χ1v) is 7.32. The third kappa shape index (κ3) is 2.19. The van der Waals surface area contributed by atoms with Gasteiger partial charge < -0.3 is 10.2 Å². The zero-order valence-corrected chi connectivity index (χ0v) is 11.8. The number of fused-ring (bicyclic) bond motifs is 1. The summed E-state index contributed by atoms with van der Waals surface area (Å²) in [7, 11) is 0. The number of amides is 1. The van der Waals surface area contributed by atoms with E-state index in [4.69, 9.17) is 0 Å². The molecule has 2 aliphatic rings. The fourth-order valence-corrected chi connectivity index (χ4v) is 3.47. The van der Waals surface area contributed by atoms with E-state index in [9.17, 15) is 4.79 Å². The molecule has 4 heteroatoms. The number of piperidine rings is 1. The molecule has 1 aromatic rings. The molecule has 0 saturated carbocycles. The standard InChI is InChI=1S/C14H17BrN2O/c15-12-6-2-1-5-11(12)14(18)17-8-10-4-3-7-16-13(10)9-17/h1-2,5-6,10,13,16H,3-4,7-9H2. The van der Waals surface area contributed by atoms with Crippen molar-refractivity contribution in [2.45, 2.75) is 18.9 Å². The van der Waals surface area contributed by atoms with Crippen LogP contribution in [0.15, 0.2) is 28.7 Å². The van der Waals surface area contributed by atoms with E-state index in [1.54, 1.807) is 0 Å². The van der Waals surface area contributed by atoms with Crippen molar-refractivity contribution in [3.8, 4) is 0 Å². The fourth-order valence-electron chi connectivity index (χ4n) is 3.02. The topological polar surface area (TPSA) is 32.3 Å². The van der Waals surface area contributed by atoms with Crippen LogP contribution >= 0.6 is 15.9 Å². The Labute approximate surface area is 116 Å². The van der Waals surface area contributed by atoms with Gasteiger partial charge in [-0.15, -0.1) is 0 Å². The van der Waals surface area contributed by atoms with E-state index in [0.717, 1.165) is 29.7 Å². The summed E-state index contributed by atoms with van der Waals surface area (Å²) in [4.78, 5) is 14.5. The number of hydrogen-bond donors (Lipinski definition) is 1. The molecule has 96 valence electrons. The maximum Gasteiger partial charge on any atom is 0.255 e. The maximum absolute atomic E-state index is 12.5. The van der Waals surface area contributed by atoms with Crippen molar-refractivity contribution >= 4 is 21.8 Å². The van der Waals surface area contributed by atoms with Gasteiger partial charge in [-0.1, -0.05) is 12.1 Å². The Morgan fingerprint density at radius 1 is 1.33 bits per heavy atom. The Balaban J connectivity index is 1.76. The number of halogens is 1. The van der Waals surface area contributed by atoms with Crippen molar-refractivity contribution in [3.63, 3.8) is 0 Å². The van der Waals surface area contributed by atoms with Crippen LogP contribution in [0.1, 0.15) is 23.2 Å². The fraction of sp³-hybridized carbons (Fsp3) is 0.500. The van der Waals surface area contributed by atoms with Gasteiger partial charge in [0, 0.05) is 23.6 Å². The minimum atomic E-state index is 0.152. The molecule has 0 bridgehead atoms. The van der Waals surface area contributed by atoms with E-state index in [1.165, 1.54) is 12.8 Å². The van der Waals surface area contributed by atoms with Gasteiger partial charge in [0.25, 0.3) is 5.91 Å². The molecule has 18 heavy (non-hydrogen) atoms. The van der Waals surface area contributed by atoms with Gasteiger partial charge in [0.2, 0.25) is 0 Å². The van der Waals surface area contributed by atoms with Gasteiger partial charge in [0.05, 0.1) is 5.56 Å². The second-order valence-electron chi connectivity index (χ2n) is 5.15. The summed E-state index contributed by atoms with van der Waals surface area (Å²) in [5.74, 6) is 0.795. The second kappa shape index (κ2) is 5.02. The Hall–Kier alpha value is -0.870. The monoisotopic (exact) mass is 308 g/mol. The zero-order valence-electron chi connectivity index (χ0n) is 10.2. The lowest BCUT2D eigenvalue weighted by atomic mass is 9.94. The zero-order chi connectivity index (χ0) is 12.5. The molecule has 3 nitrogen and oxygen atoms in total. The Bertz CT molecular complexity index is 449. The summed E-state index contributed by atoms with van der Waals surface area (Å²) in [5.41, 5.74) is 0.774. The molecule has 0 radical (unpaired) electrons. The molecular weight excluding hydrogens is 292 g/mol. The number of carbonyl (C=O) groups excluding carboxylic acids is 1. The molecular formula is C14H17BrN2O. The summed E-state index contributed by atoms with van der Waals surface area (Å²) < 4.78 is 0.887. The van der Waals surface area contributed by atoms with Crippen LogP contribution in [0.4, 0.5) is 0 Å². The predicted molar refractivity (Wildman–Crippen MR) is 74.6 cm³/mol. The smallest absolute Gasteiger partial charge is 0.255 e. The molecule has 1 N–H and O–H groups in total. The molecule has 2 aliphatic heterocycles. The average Bonchev–Trinajstić information content (AvgIpc) is 2.82. The van der Waals surface area contributed by atoms with Crippen LogP contribution in [0.5, 0.6) is 0 Å². The van der Waals surface area contributed by atoms with Gasteiger partial charge in [0.1, 0.15) is 0 Å². The van der Waals surface area contributed by atoms with Gasteiger partial charge in [-0.05, 0) is 53.4 Å². The molecule has 2 fully saturated rings. The van der Waals surface area contributed by atoms with Gasteiger partial charge in [0.15, 0.2) is 0 Å². The van der Waals surface area contributed by atoms with Crippen LogP contribution in [0.25, 0.3) is 0 Å². The minimum Gasteiger partial charge on any atom is -0.337 e. The van der Waals surface area contributed by atoms with Crippen molar-refractivity contribution < 1.29 is 4.79 Å². The highest BCUT2D eigenvalue weighted by Crippen LogP contribution is 2.27. The molecule has 0 aliphatic carbocycles. The molecule has 0 aromatic heterocycles. The first-order chi connectivity index (χ1) is 8.75. The third-order valence-corrected chi connectivity index (χ3v) is 4.68. The van der Waals surface area contributed by atoms with Crippen LogP contribution in [-0.4, -0.2) is 36.5 Å². The molecule has 1 amide bonds. The first kappa shape index (κ1) is 12.2. The van der Waals surface area contributed by atoms with E-state index < -0.39 is 0 Å². The van der Waals surface area contributed by atoms with Crippen LogP contribution in [0.2, 0.25) is 0 Å². The van der Waals surface area contributed by atoms with Gasteiger partial charge in [-0.3, -0.25) is 4.79 Å². The van der Waals surface area contributed by atoms with E-state index >= 15 is 0 Å². The largest absolute Gasteiger partial charge is 0.337 e. The van der Waals surface area contributed by atoms with Gasteiger partial charge >= 0.3 is 0 Å². The quantitative estimate of drug-likeness (QED) is 0.863. The number of nitrogens with one attached hydrogen (secondary N) is 1. The second-order valence-corrected chi connectivity index (χ2v) is 6.01. The SMILES string of the molecule is O=C(c1ccccc1Br)N1CC2CCCNC2C1. The van der Waals surface area contributed by atoms with E-state index in [1.807, 2.05) is 29.2 Å². The molecule has 0 spiro atoms. The Kier molecular flexibility index (Phi) is 3.39. The molecule has 2 heterocycles. The average molecular weight is 309 g/mol. The highest BCUT2D eigenvalue weighted by molar-refractivity contribution is 9.10. The minimum absolute atomic E-state index is 0.152. The van der Waals surface area contributed by atoms with E-state index in [0.29, 0.717) is 12.0 Å². The highest BCUT2D eigenvalue weighted by Gasteiger charge is 2.36. The van der Waals surface area contributed by atoms with Crippen LogP contribution in [-0.2, 0) is 0 Å². The van der Waals surface area contributed by atoms with Gasteiger partial charge in [-0.2, -0.15) is 0 Å². The lowest BCUT2D eigenvalue weighted by Gasteiger charge is -2.24. The Morgan fingerprint density at radius 2 is 2.17 bits per heavy atom. The summed E-state index contributed by atoms with van der Waals surface area (Å²) in [5, 5.41) is 3.53. The van der Waals surface area contributed by atoms with Crippen LogP contribution in [0, 0.1) is 5.92 Å². The first-order valence-electron chi connectivity index (χ1n) is 6.53. The third-order valence-electron chi connectivity index (χ3n) is 3.99. The predicted octanol–water partition coefficient (Wildman–Crippen LogP) is 2.27. The summed E-state index contributed by atoms with van der Waals surface area (Å²) >= 11 is 3.46. The molecule has 2 atom stereocenters.